The number of ether oxygens (including phenoxy) is 1. The van der Waals surface area contributed by atoms with Crippen LogP contribution >= 0.6 is 11.6 Å². The Hall–Kier alpha value is -0.570. The molecule has 1 rings (SSSR count). The van der Waals surface area contributed by atoms with E-state index in [0.29, 0.717) is 18.6 Å². The highest BCUT2D eigenvalue weighted by atomic mass is 35.5. The first kappa shape index (κ1) is 14.5. The molecule has 17 heavy (non-hydrogen) atoms. The second-order valence-electron chi connectivity index (χ2n) is 4.81. The van der Waals surface area contributed by atoms with Crippen LogP contribution in [0.4, 0.5) is 0 Å². The minimum atomic E-state index is 0.532. The van der Waals surface area contributed by atoms with Gasteiger partial charge in [0.2, 0.25) is 0 Å². The Balaban J connectivity index is 2.16. The van der Waals surface area contributed by atoms with Crippen LogP contribution in [0.25, 0.3) is 0 Å². The zero-order chi connectivity index (χ0) is 12.7. The number of benzene rings is 1. The molecule has 0 saturated heterocycles. The Morgan fingerprint density at radius 3 is 2.41 bits per heavy atom. The van der Waals surface area contributed by atoms with E-state index >= 15 is 0 Å². The number of rotatable bonds is 7. The van der Waals surface area contributed by atoms with Crippen molar-refractivity contribution in [3.8, 4) is 0 Å². The summed E-state index contributed by atoms with van der Waals surface area (Å²) in [7, 11) is 0. The summed E-state index contributed by atoms with van der Waals surface area (Å²) in [5.41, 5.74) is 1.17. The van der Waals surface area contributed by atoms with Crippen molar-refractivity contribution in [3.05, 3.63) is 34.9 Å². The summed E-state index contributed by atoms with van der Waals surface area (Å²) in [4.78, 5) is 0. The van der Waals surface area contributed by atoms with Crippen LogP contribution in [-0.2, 0) is 11.3 Å². The molecule has 0 spiro atoms. The predicted octanol–water partition coefficient (Wildman–Crippen LogP) is 3.49. The van der Waals surface area contributed by atoms with Gasteiger partial charge in [0.25, 0.3) is 0 Å². The lowest BCUT2D eigenvalue weighted by Crippen LogP contribution is -2.29. The summed E-state index contributed by atoms with van der Waals surface area (Å²) in [6, 6.07) is 8.32. The SMILES string of the molecule is CC(CNC(C)C)COCc1ccc(Cl)cc1. The molecule has 0 radical (unpaired) electrons. The van der Waals surface area contributed by atoms with Crippen LogP contribution in [0.1, 0.15) is 26.3 Å². The highest BCUT2D eigenvalue weighted by Crippen LogP contribution is 2.10. The van der Waals surface area contributed by atoms with E-state index in [1.54, 1.807) is 0 Å². The van der Waals surface area contributed by atoms with Crippen LogP contribution in [0.3, 0.4) is 0 Å². The molecule has 0 bridgehead atoms. The zero-order valence-electron chi connectivity index (χ0n) is 10.9. The third kappa shape index (κ3) is 6.67. The molecule has 0 amide bonds. The van der Waals surface area contributed by atoms with Crippen LogP contribution < -0.4 is 5.32 Å². The molecule has 2 nitrogen and oxygen atoms in total. The molecule has 0 heterocycles. The Labute approximate surface area is 109 Å². The lowest BCUT2D eigenvalue weighted by atomic mass is 10.2. The zero-order valence-corrected chi connectivity index (χ0v) is 11.6. The molecule has 0 fully saturated rings. The maximum atomic E-state index is 5.82. The van der Waals surface area contributed by atoms with E-state index in [0.717, 1.165) is 18.2 Å². The number of hydrogen-bond donors (Lipinski definition) is 1. The average Bonchev–Trinajstić information content (AvgIpc) is 2.29. The number of halogens is 1. The summed E-state index contributed by atoms with van der Waals surface area (Å²) >= 11 is 5.82. The van der Waals surface area contributed by atoms with Gasteiger partial charge in [0.1, 0.15) is 0 Å². The molecule has 0 aliphatic rings. The van der Waals surface area contributed by atoms with Gasteiger partial charge in [-0.2, -0.15) is 0 Å². The van der Waals surface area contributed by atoms with Gasteiger partial charge in [-0.05, 0) is 23.6 Å². The molecular weight excluding hydrogens is 234 g/mol. The van der Waals surface area contributed by atoms with Crippen molar-refractivity contribution in [3.63, 3.8) is 0 Å². The largest absolute Gasteiger partial charge is 0.376 e. The van der Waals surface area contributed by atoms with Crippen molar-refractivity contribution in [1.29, 1.82) is 0 Å². The van der Waals surface area contributed by atoms with Crippen LogP contribution in [0.15, 0.2) is 24.3 Å². The van der Waals surface area contributed by atoms with Crippen LogP contribution in [0.5, 0.6) is 0 Å². The Bertz CT molecular complexity index is 311. The average molecular weight is 256 g/mol. The minimum absolute atomic E-state index is 0.532. The lowest BCUT2D eigenvalue weighted by molar-refractivity contribution is 0.0912. The van der Waals surface area contributed by atoms with Gasteiger partial charge in [0.15, 0.2) is 0 Å². The minimum Gasteiger partial charge on any atom is -0.376 e. The summed E-state index contributed by atoms with van der Waals surface area (Å²) in [6.07, 6.45) is 0. The van der Waals surface area contributed by atoms with E-state index in [-0.39, 0.29) is 0 Å². The van der Waals surface area contributed by atoms with Crippen molar-refractivity contribution in [2.45, 2.75) is 33.4 Å². The van der Waals surface area contributed by atoms with E-state index in [2.05, 4.69) is 26.1 Å². The molecule has 0 aliphatic heterocycles. The van der Waals surface area contributed by atoms with Crippen molar-refractivity contribution in [2.24, 2.45) is 5.92 Å². The smallest absolute Gasteiger partial charge is 0.0717 e. The number of hydrogen-bond acceptors (Lipinski definition) is 2. The van der Waals surface area contributed by atoms with Gasteiger partial charge >= 0.3 is 0 Å². The third-order valence-electron chi connectivity index (χ3n) is 2.46. The second kappa shape index (κ2) is 7.70. The molecule has 1 atom stereocenters. The summed E-state index contributed by atoms with van der Waals surface area (Å²) in [5.74, 6) is 0.532. The molecule has 96 valence electrons. The third-order valence-corrected chi connectivity index (χ3v) is 2.71. The van der Waals surface area contributed by atoms with Crippen LogP contribution in [0, 0.1) is 5.92 Å². The van der Waals surface area contributed by atoms with E-state index in [9.17, 15) is 0 Å². The first-order valence-corrected chi connectivity index (χ1v) is 6.51. The molecule has 3 heteroatoms. The van der Waals surface area contributed by atoms with Crippen molar-refractivity contribution in [2.75, 3.05) is 13.2 Å². The fourth-order valence-electron chi connectivity index (χ4n) is 1.45. The van der Waals surface area contributed by atoms with Gasteiger partial charge in [0.05, 0.1) is 13.2 Å². The Kier molecular flexibility index (Phi) is 6.56. The van der Waals surface area contributed by atoms with Gasteiger partial charge in [-0.15, -0.1) is 0 Å². The molecule has 1 aromatic rings. The number of nitrogens with one attached hydrogen (secondary N) is 1. The van der Waals surface area contributed by atoms with E-state index in [1.807, 2.05) is 24.3 Å². The summed E-state index contributed by atoms with van der Waals surface area (Å²) in [5, 5.41) is 4.17. The Morgan fingerprint density at radius 2 is 1.82 bits per heavy atom. The van der Waals surface area contributed by atoms with Gasteiger partial charge in [-0.25, -0.2) is 0 Å². The lowest BCUT2D eigenvalue weighted by Gasteiger charge is -2.15. The molecule has 1 unspecified atom stereocenters. The van der Waals surface area contributed by atoms with Gasteiger partial charge in [-0.1, -0.05) is 44.5 Å². The van der Waals surface area contributed by atoms with Crippen molar-refractivity contribution < 1.29 is 4.74 Å². The van der Waals surface area contributed by atoms with E-state index in [4.69, 9.17) is 16.3 Å². The normalized spacial score (nSPS) is 13.0. The standard InChI is InChI=1S/C14H22ClNO/c1-11(2)16-8-12(3)9-17-10-13-4-6-14(15)7-5-13/h4-7,11-12,16H,8-10H2,1-3H3. The molecule has 0 aliphatic carbocycles. The molecule has 1 aromatic carbocycles. The topological polar surface area (TPSA) is 21.3 Å². The Morgan fingerprint density at radius 1 is 1.18 bits per heavy atom. The summed E-state index contributed by atoms with van der Waals surface area (Å²) < 4.78 is 5.67. The molecule has 0 aromatic heterocycles. The first-order chi connectivity index (χ1) is 8.08. The molecule has 0 saturated carbocycles. The maximum absolute atomic E-state index is 5.82. The maximum Gasteiger partial charge on any atom is 0.0717 e. The van der Waals surface area contributed by atoms with E-state index < -0.39 is 0 Å². The fourth-order valence-corrected chi connectivity index (χ4v) is 1.58. The van der Waals surface area contributed by atoms with Gasteiger partial charge in [0, 0.05) is 17.6 Å². The fraction of sp³-hybridized carbons (Fsp3) is 0.571. The highest BCUT2D eigenvalue weighted by Gasteiger charge is 2.03. The monoisotopic (exact) mass is 255 g/mol. The molecular formula is C14H22ClNO. The van der Waals surface area contributed by atoms with E-state index in [1.165, 1.54) is 5.56 Å². The first-order valence-electron chi connectivity index (χ1n) is 6.13. The predicted molar refractivity (Wildman–Crippen MR) is 73.4 cm³/mol. The quantitative estimate of drug-likeness (QED) is 0.805. The van der Waals surface area contributed by atoms with Gasteiger partial charge in [-0.3, -0.25) is 0 Å². The summed E-state index contributed by atoms with van der Waals surface area (Å²) in [6.45, 7) is 8.93. The highest BCUT2D eigenvalue weighted by molar-refractivity contribution is 6.30. The molecule has 1 N–H and O–H groups in total. The van der Waals surface area contributed by atoms with Crippen molar-refractivity contribution >= 4 is 11.6 Å². The van der Waals surface area contributed by atoms with Crippen LogP contribution in [0.2, 0.25) is 5.02 Å². The second-order valence-corrected chi connectivity index (χ2v) is 5.25. The van der Waals surface area contributed by atoms with Crippen molar-refractivity contribution in [1.82, 2.24) is 5.32 Å². The van der Waals surface area contributed by atoms with Crippen LogP contribution in [-0.4, -0.2) is 19.2 Å². The van der Waals surface area contributed by atoms with Gasteiger partial charge < -0.3 is 10.1 Å².